The van der Waals surface area contributed by atoms with E-state index in [-0.39, 0.29) is 0 Å². The van der Waals surface area contributed by atoms with Crippen LogP contribution in [0.25, 0.3) is 0 Å². The molecule has 0 radical (unpaired) electrons. The van der Waals surface area contributed by atoms with Crippen molar-refractivity contribution in [3.05, 3.63) is 29.3 Å². The summed E-state index contributed by atoms with van der Waals surface area (Å²) >= 11 is 0. The first kappa shape index (κ1) is 17.5. The molecule has 0 bridgehead atoms. The Morgan fingerprint density at radius 1 is 1.13 bits per heavy atom. The maximum Gasteiger partial charge on any atom is 0.534 e. The van der Waals surface area contributed by atoms with E-state index in [0.29, 0.717) is 18.2 Å². The molecule has 0 atom stereocenters. The summed E-state index contributed by atoms with van der Waals surface area (Å²) in [6.07, 6.45) is -4.89. The van der Waals surface area contributed by atoms with Gasteiger partial charge in [0, 0.05) is 11.1 Å². The normalized spacial score (nSPS) is 17.2. The minimum atomic E-state index is -6.02. The number of hydrogen-bond acceptors (Lipinski definition) is 6. The van der Waals surface area contributed by atoms with E-state index >= 15 is 0 Å². The fourth-order valence-electron chi connectivity index (χ4n) is 1.61. The third kappa shape index (κ3) is 2.97. The van der Waals surface area contributed by atoms with E-state index in [2.05, 4.69) is 14.4 Å². The lowest BCUT2D eigenvalue weighted by Gasteiger charge is -2.17. The van der Waals surface area contributed by atoms with Gasteiger partial charge in [-0.25, -0.2) is 0 Å². The molecule has 1 aliphatic heterocycles. The van der Waals surface area contributed by atoms with Gasteiger partial charge in [0.1, 0.15) is 5.75 Å². The summed E-state index contributed by atoms with van der Waals surface area (Å²) in [5.41, 5.74) is -9.78. The number of alkyl halides is 6. The molecule has 0 fully saturated rings. The molecule has 2 rings (SSSR count). The van der Waals surface area contributed by atoms with Crippen LogP contribution >= 0.6 is 0 Å². The number of hydrogen-bond donors (Lipinski definition) is 1. The Morgan fingerprint density at radius 3 is 2.09 bits per heavy atom. The van der Waals surface area contributed by atoms with Crippen molar-refractivity contribution in [1.29, 1.82) is 0 Å². The van der Waals surface area contributed by atoms with Crippen molar-refractivity contribution in [3.8, 4) is 5.75 Å². The highest BCUT2D eigenvalue weighted by atomic mass is 32.2. The molecule has 1 N–H and O–H groups in total. The second-order valence-corrected chi connectivity index (χ2v) is 5.87. The molecule has 0 spiro atoms. The van der Waals surface area contributed by atoms with E-state index in [1.54, 1.807) is 0 Å². The Hall–Kier alpha value is -1.89. The molecule has 0 saturated carbocycles. The Labute approximate surface area is 124 Å². The van der Waals surface area contributed by atoms with E-state index in [1.165, 1.54) is 0 Å². The molecular weight excluding hydrogens is 358 g/mol. The number of rotatable bonds is 4. The van der Waals surface area contributed by atoms with Crippen molar-refractivity contribution in [2.24, 2.45) is 10.2 Å². The second kappa shape index (κ2) is 5.06. The minimum Gasteiger partial charge on any atom is -0.392 e. The molecule has 128 valence electrons. The summed E-state index contributed by atoms with van der Waals surface area (Å²) in [5.74, 6) is -0.952. The van der Waals surface area contributed by atoms with E-state index in [0.717, 1.165) is 0 Å². The van der Waals surface area contributed by atoms with Gasteiger partial charge in [-0.1, -0.05) is 6.07 Å². The number of aliphatic hydroxyl groups excluding tert-OH is 1. The molecular formula is C10H6F6N2O4S. The summed E-state index contributed by atoms with van der Waals surface area (Å²) in [7, 11) is -6.02. The Morgan fingerprint density at radius 2 is 1.70 bits per heavy atom. The van der Waals surface area contributed by atoms with Crippen molar-refractivity contribution in [2.45, 2.75) is 24.0 Å². The van der Waals surface area contributed by atoms with E-state index < -0.39 is 50.9 Å². The number of benzene rings is 1. The average molecular weight is 364 g/mol. The van der Waals surface area contributed by atoms with Crippen molar-refractivity contribution in [2.75, 3.05) is 0 Å². The van der Waals surface area contributed by atoms with E-state index in [4.69, 9.17) is 5.11 Å². The SMILES string of the molecule is O=S(=O)(Oc1ccc(C2(C(F)(F)F)N=N2)cc1CO)C(F)(F)F. The van der Waals surface area contributed by atoms with Crippen molar-refractivity contribution in [1.82, 2.24) is 0 Å². The number of halogens is 6. The molecule has 0 unspecified atom stereocenters. The third-order valence-electron chi connectivity index (χ3n) is 2.81. The summed E-state index contributed by atoms with van der Waals surface area (Å²) in [5, 5.41) is 14.8. The Balaban J connectivity index is 2.40. The quantitative estimate of drug-likeness (QED) is 0.505. The van der Waals surface area contributed by atoms with Crippen molar-refractivity contribution >= 4 is 10.1 Å². The number of nitrogens with zero attached hydrogens (tertiary/aromatic N) is 2. The van der Waals surface area contributed by atoms with Gasteiger partial charge in [0.25, 0.3) is 0 Å². The molecule has 0 saturated heterocycles. The van der Waals surface area contributed by atoms with Gasteiger partial charge in [-0.2, -0.15) is 34.8 Å². The molecule has 13 heteroatoms. The van der Waals surface area contributed by atoms with Crippen LogP contribution in [0.3, 0.4) is 0 Å². The monoisotopic (exact) mass is 364 g/mol. The zero-order valence-corrected chi connectivity index (χ0v) is 11.5. The average Bonchev–Trinajstić information content (AvgIpc) is 3.18. The van der Waals surface area contributed by atoms with E-state index in [1.807, 2.05) is 0 Å². The fraction of sp³-hybridized carbons (Fsp3) is 0.400. The predicted octanol–water partition coefficient (Wildman–Crippen LogP) is 2.59. The molecule has 1 heterocycles. The Kier molecular flexibility index (Phi) is 3.84. The van der Waals surface area contributed by atoms with Gasteiger partial charge < -0.3 is 9.29 Å². The standard InChI is InChI=1S/C10H6F6N2O4S/c11-9(12,13)8(17-18-8)6-1-2-7(5(3-6)4-19)22-23(20,21)10(14,15)16/h1-3,19H,4H2. The largest absolute Gasteiger partial charge is 0.534 e. The summed E-state index contributed by atoms with van der Waals surface area (Å²) in [4.78, 5) is 0. The lowest BCUT2D eigenvalue weighted by Crippen LogP contribution is -2.30. The highest BCUT2D eigenvalue weighted by Gasteiger charge is 2.65. The molecule has 1 aliphatic rings. The second-order valence-electron chi connectivity index (χ2n) is 4.33. The molecule has 23 heavy (non-hydrogen) atoms. The maximum absolute atomic E-state index is 12.8. The van der Waals surface area contributed by atoms with Gasteiger partial charge in [0.2, 0.25) is 0 Å². The van der Waals surface area contributed by atoms with Gasteiger partial charge in [0.05, 0.1) is 6.61 Å². The fourth-order valence-corrected chi connectivity index (χ4v) is 2.10. The zero-order chi connectivity index (χ0) is 17.7. The highest BCUT2D eigenvalue weighted by molar-refractivity contribution is 7.88. The van der Waals surface area contributed by atoms with Crippen LogP contribution in [0.4, 0.5) is 26.3 Å². The summed E-state index contributed by atoms with van der Waals surface area (Å²) in [6.45, 7) is -1.06. The third-order valence-corrected chi connectivity index (χ3v) is 3.78. The molecule has 0 aromatic heterocycles. The summed E-state index contributed by atoms with van der Waals surface area (Å²) in [6, 6.07) is 1.84. The van der Waals surface area contributed by atoms with Crippen LogP contribution in [-0.4, -0.2) is 25.2 Å². The van der Waals surface area contributed by atoms with Gasteiger partial charge in [-0.05, 0) is 12.1 Å². The van der Waals surface area contributed by atoms with Crippen LogP contribution in [0.1, 0.15) is 11.1 Å². The summed E-state index contributed by atoms with van der Waals surface area (Å²) < 4.78 is 101. The van der Waals surface area contributed by atoms with Crippen LogP contribution < -0.4 is 4.18 Å². The molecule has 1 aromatic rings. The zero-order valence-electron chi connectivity index (χ0n) is 10.7. The van der Waals surface area contributed by atoms with Crippen LogP contribution in [0.15, 0.2) is 28.4 Å². The predicted molar refractivity (Wildman–Crippen MR) is 60.6 cm³/mol. The maximum atomic E-state index is 12.8. The van der Waals surface area contributed by atoms with Gasteiger partial charge in [-0.3, -0.25) is 0 Å². The van der Waals surface area contributed by atoms with Crippen LogP contribution in [-0.2, 0) is 22.4 Å². The van der Waals surface area contributed by atoms with Crippen LogP contribution in [0.5, 0.6) is 5.75 Å². The van der Waals surface area contributed by atoms with E-state index in [9.17, 15) is 34.8 Å². The molecule has 0 aliphatic carbocycles. The smallest absolute Gasteiger partial charge is 0.392 e. The van der Waals surface area contributed by atoms with Gasteiger partial charge in [-0.15, -0.1) is 10.2 Å². The molecule has 0 amide bonds. The van der Waals surface area contributed by atoms with Gasteiger partial charge in [0.15, 0.2) is 0 Å². The first-order chi connectivity index (χ1) is 10.3. The lowest BCUT2D eigenvalue weighted by molar-refractivity contribution is -0.166. The minimum absolute atomic E-state index is 0.557. The highest BCUT2D eigenvalue weighted by Crippen LogP contribution is 2.52. The first-order valence-electron chi connectivity index (χ1n) is 5.60. The van der Waals surface area contributed by atoms with Crippen molar-refractivity contribution in [3.63, 3.8) is 0 Å². The van der Waals surface area contributed by atoms with Gasteiger partial charge >= 0.3 is 27.5 Å². The Bertz CT molecular complexity index is 750. The van der Waals surface area contributed by atoms with Crippen LogP contribution in [0.2, 0.25) is 0 Å². The molecule has 6 nitrogen and oxygen atoms in total. The molecule has 1 aromatic carbocycles. The topological polar surface area (TPSA) is 88.3 Å². The van der Waals surface area contributed by atoms with Crippen molar-refractivity contribution < 1.29 is 44.0 Å². The lowest BCUT2D eigenvalue weighted by atomic mass is 10.00. The first-order valence-corrected chi connectivity index (χ1v) is 7.01. The van der Waals surface area contributed by atoms with Crippen LogP contribution in [0, 0.1) is 0 Å². The number of aliphatic hydroxyl groups is 1.